The monoisotopic (exact) mass is 511 g/mol. The molecule has 0 aliphatic rings. The van der Waals surface area contributed by atoms with Gasteiger partial charge in [-0.05, 0) is 81.6 Å². The number of imidazole rings is 1. The van der Waals surface area contributed by atoms with Gasteiger partial charge in [0.1, 0.15) is 5.69 Å². The summed E-state index contributed by atoms with van der Waals surface area (Å²) >= 11 is 12.4. The van der Waals surface area contributed by atoms with Crippen LogP contribution in [0.25, 0.3) is 33.7 Å². The molecule has 0 unspecified atom stereocenters. The van der Waals surface area contributed by atoms with Crippen LogP contribution in [-0.4, -0.2) is 31.2 Å². The first-order valence-corrected chi connectivity index (χ1v) is 11.9. The van der Waals surface area contributed by atoms with Crippen molar-refractivity contribution in [3.8, 4) is 22.6 Å². The van der Waals surface area contributed by atoms with Crippen molar-refractivity contribution in [1.82, 2.24) is 14.5 Å². The Morgan fingerprint density at radius 3 is 2.26 bits per heavy atom. The molecular formula is C27H27Cl2N3O3. The fourth-order valence-corrected chi connectivity index (χ4v) is 4.59. The molecule has 6 nitrogen and oxygen atoms in total. The molecule has 4 rings (SSSR count). The van der Waals surface area contributed by atoms with Gasteiger partial charge >= 0.3 is 5.97 Å². The molecule has 0 amide bonds. The van der Waals surface area contributed by atoms with Crippen molar-refractivity contribution in [3.63, 3.8) is 0 Å². The van der Waals surface area contributed by atoms with Gasteiger partial charge in [0.2, 0.25) is 0 Å². The number of ether oxygens (including phenoxy) is 1. The van der Waals surface area contributed by atoms with Crippen molar-refractivity contribution in [1.29, 1.82) is 0 Å². The maximum Gasteiger partial charge on any atom is 0.337 e. The summed E-state index contributed by atoms with van der Waals surface area (Å²) in [6, 6.07) is 12.9. The molecule has 0 saturated carbocycles. The largest absolute Gasteiger partial charge is 0.479 e. The van der Waals surface area contributed by atoms with Crippen LogP contribution in [0.2, 0.25) is 10.0 Å². The van der Waals surface area contributed by atoms with Crippen LogP contribution in [0.5, 0.6) is 0 Å². The summed E-state index contributed by atoms with van der Waals surface area (Å²) < 4.78 is 7.98. The highest BCUT2D eigenvalue weighted by Crippen LogP contribution is 2.41. The highest BCUT2D eigenvalue weighted by atomic mass is 35.5. The van der Waals surface area contributed by atoms with E-state index in [1.165, 1.54) is 0 Å². The number of nitrogens with zero attached hydrogens (tertiary/aromatic N) is 3. The second-order valence-corrected chi connectivity index (χ2v) is 10.4. The molecule has 0 bridgehead atoms. The van der Waals surface area contributed by atoms with Crippen LogP contribution < -0.4 is 0 Å². The van der Waals surface area contributed by atoms with E-state index in [0.29, 0.717) is 32.8 Å². The van der Waals surface area contributed by atoms with E-state index >= 15 is 0 Å². The van der Waals surface area contributed by atoms with Gasteiger partial charge in [-0.3, -0.25) is 0 Å². The summed E-state index contributed by atoms with van der Waals surface area (Å²) in [5.74, 6) is -0.419. The Morgan fingerprint density at radius 2 is 1.66 bits per heavy atom. The van der Waals surface area contributed by atoms with E-state index in [1.54, 1.807) is 25.1 Å². The van der Waals surface area contributed by atoms with E-state index < -0.39 is 17.7 Å². The van der Waals surface area contributed by atoms with Gasteiger partial charge in [-0.15, -0.1) is 0 Å². The molecule has 0 saturated heterocycles. The molecule has 2 aromatic carbocycles. The lowest BCUT2D eigenvalue weighted by molar-refractivity contribution is -0.160. The van der Waals surface area contributed by atoms with Crippen LogP contribution >= 0.6 is 23.2 Å². The lowest BCUT2D eigenvalue weighted by Crippen LogP contribution is -2.28. The first kappa shape index (κ1) is 25.2. The van der Waals surface area contributed by atoms with Crippen LogP contribution in [0, 0.1) is 13.8 Å². The number of aliphatic carboxylic acids is 1. The third-order valence-corrected chi connectivity index (χ3v) is 6.30. The number of carboxylic acids is 1. The Balaban J connectivity index is 2.05. The minimum atomic E-state index is -1.21. The van der Waals surface area contributed by atoms with Gasteiger partial charge in [0, 0.05) is 28.4 Å². The van der Waals surface area contributed by atoms with Gasteiger partial charge in [0.25, 0.3) is 0 Å². The van der Waals surface area contributed by atoms with Crippen molar-refractivity contribution in [2.24, 2.45) is 7.05 Å². The SMILES string of the molecule is Cc1nc(-c2nc3ccc(Cl)cc3n2C)c(C)c(-c2ccc(Cl)cc2)c1[C@H](OC(C)(C)C)C(=O)O. The zero-order valence-electron chi connectivity index (χ0n) is 20.5. The van der Waals surface area contributed by atoms with Crippen molar-refractivity contribution < 1.29 is 14.6 Å². The van der Waals surface area contributed by atoms with Gasteiger partial charge in [0.05, 0.1) is 16.6 Å². The molecule has 1 atom stereocenters. The van der Waals surface area contributed by atoms with Crippen LogP contribution in [-0.2, 0) is 16.6 Å². The van der Waals surface area contributed by atoms with E-state index in [9.17, 15) is 9.90 Å². The lowest BCUT2D eigenvalue weighted by Gasteiger charge is -2.28. The number of pyridine rings is 1. The average Bonchev–Trinajstić information content (AvgIpc) is 3.09. The second kappa shape index (κ2) is 9.26. The number of hydrogen-bond acceptors (Lipinski definition) is 4. The Morgan fingerprint density at radius 1 is 1.03 bits per heavy atom. The maximum absolute atomic E-state index is 12.4. The predicted octanol–water partition coefficient (Wildman–Crippen LogP) is 7.17. The molecule has 2 heterocycles. The molecule has 35 heavy (non-hydrogen) atoms. The number of hydrogen-bond donors (Lipinski definition) is 1. The first-order valence-electron chi connectivity index (χ1n) is 11.2. The highest BCUT2D eigenvalue weighted by molar-refractivity contribution is 6.31. The molecule has 0 fully saturated rings. The van der Waals surface area contributed by atoms with Crippen molar-refractivity contribution in [2.45, 2.75) is 46.3 Å². The molecule has 182 valence electrons. The predicted molar refractivity (Wildman–Crippen MR) is 140 cm³/mol. The van der Waals surface area contributed by atoms with Crippen LogP contribution in [0.1, 0.15) is 43.7 Å². The van der Waals surface area contributed by atoms with Gasteiger partial charge in [-0.2, -0.15) is 0 Å². The van der Waals surface area contributed by atoms with Crippen LogP contribution in [0.3, 0.4) is 0 Å². The van der Waals surface area contributed by atoms with Gasteiger partial charge in [-0.25, -0.2) is 14.8 Å². The molecule has 0 aliphatic carbocycles. The highest BCUT2D eigenvalue weighted by Gasteiger charge is 2.33. The average molecular weight is 512 g/mol. The minimum absolute atomic E-state index is 0.512. The quantitative estimate of drug-likeness (QED) is 0.307. The summed E-state index contributed by atoms with van der Waals surface area (Å²) in [6.45, 7) is 9.23. The van der Waals surface area contributed by atoms with E-state index in [2.05, 4.69) is 0 Å². The van der Waals surface area contributed by atoms with Crippen molar-refractivity contribution in [3.05, 3.63) is 69.3 Å². The third-order valence-electron chi connectivity index (χ3n) is 5.81. The molecule has 0 radical (unpaired) electrons. The maximum atomic E-state index is 12.4. The number of fused-ring (bicyclic) bond motifs is 1. The Hall–Kier alpha value is -2.93. The normalized spacial score (nSPS) is 12.8. The second-order valence-electron chi connectivity index (χ2n) is 9.54. The molecule has 1 N–H and O–H groups in total. The molecule has 8 heteroatoms. The lowest BCUT2D eigenvalue weighted by atomic mass is 9.89. The first-order chi connectivity index (χ1) is 16.4. The third kappa shape index (κ3) is 4.92. The number of aromatic nitrogens is 3. The molecule has 0 aliphatic heterocycles. The summed E-state index contributed by atoms with van der Waals surface area (Å²) in [7, 11) is 1.91. The number of benzene rings is 2. The van der Waals surface area contributed by atoms with E-state index in [4.69, 9.17) is 37.9 Å². The smallest absolute Gasteiger partial charge is 0.337 e. The van der Waals surface area contributed by atoms with Crippen LogP contribution in [0.4, 0.5) is 0 Å². The van der Waals surface area contributed by atoms with Gasteiger partial charge in [-0.1, -0.05) is 35.3 Å². The summed E-state index contributed by atoms with van der Waals surface area (Å²) in [5, 5.41) is 11.4. The van der Waals surface area contributed by atoms with Crippen molar-refractivity contribution >= 4 is 40.2 Å². The zero-order valence-corrected chi connectivity index (χ0v) is 22.0. The standard InChI is InChI=1S/C27H27Cl2N3O3/c1-14-21(16-7-9-17(28)10-8-16)22(24(26(33)34)35-27(3,4)5)15(2)30-23(14)25-31-19-12-11-18(29)13-20(19)32(25)6/h7-13,24H,1-6H3,(H,33,34)/t24-/m0/s1. The number of carbonyl (C=O) groups is 1. The summed E-state index contributed by atoms with van der Waals surface area (Å²) in [4.78, 5) is 22.1. The molecule has 4 aromatic rings. The Kier molecular flexibility index (Phi) is 6.66. The Bertz CT molecular complexity index is 1440. The number of rotatable bonds is 5. The van der Waals surface area contributed by atoms with Gasteiger partial charge in [0.15, 0.2) is 11.9 Å². The molecule has 2 aromatic heterocycles. The fraction of sp³-hybridized carbons (Fsp3) is 0.296. The zero-order chi connectivity index (χ0) is 25.7. The minimum Gasteiger partial charge on any atom is -0.479 e. The van der Waals surface area contributed by atoms with Crippen LogP contribution in [0.15, 0.2) is 42.5 Å². The summed E-state index contributed by atoms with van der Waals surface area (Å²) in [6.07, 6.45) is -1.21. The molecular weight excluding hydrogens is 485 g/mol. The van der Waals surface area contributed by atoms with Gasteiger partial charge < -0.3 is 14.4 Å². The topological polar surface area (TPSA) is 77.2 Å². The fourth-order valence-electron chi connectivity index (χ4n) is 4.30. The van der Waals surface area contributed by atoms with Crippen molar-refractivity contribution in [2.75, 3.05) is 0 Å². The number of carboxylic acid groups (broad SMARTS) is 1. The molecule has 0 spiro atoms. The Labute approximate surface area is 214 Å². The summed E-state index contributed by atoms with van der Waals surface area (Å²) in [5.41, 5.74) is 5.06. The number of aryl methyl sites for hydroxylation is 2. The van der Waals surface area contributed by atoms with E-state index in [-0.39, 0.29) is 0 Å². The number of halogens is 2. The van der Waals surface area contributed by atoms with E-state index in [1.807, 2.05) is 63.6 Å². The van der Waals surface area contributed by atoms with E-state index in [0.717, 1.165) is 27.7 Å².